The van der Waals surface area contributed by atoms with Gasteiger partial charge >= 0.3 is 12.2 Å². The summed E-state index contributed by atoms with van der Waals surface area (Å²) in [6.45, 7) is 16.6. The SMILES string of the molecule is Cc1c2c(c(C3C=C(CN(C)C)C3)c3c4ccccc4n(C(=O)OC(C)(C)C)c13)N(C(=O)OC(C)(C)C)C1=CC=CC(C)C12. The van der Waals surface area contributed by atoms with Crippen LogP contribution in [-0.4, -0.2) is 53.5 Å². The van der Waals surface area contributed by atoms with Crippen molar-refractivity contribution >= 4 is 39.7 Å². The number of likely N-dealkylation sites (N-methyl/N-ethyl adjacent to an activating group) is 1. The maximum atomic E-state index is 14.2. The van der Waals surface area contributed by atoms with Crippen LogP contribution >= 0.6 is 0 Å². The molecule has 2 aromatic carbocycles. The Hall–Kier alpha value is -3.84. The fourth-order valence-corrected chi connectivity index (χ4v) is 7.23. The van der Waals surface area contributed by atoms with Gasteiger partial charge < -0.3 is 14.4 Å². The number of benzene rings is 2. The molecule has 6 rings (SSSR count). The first-order valence-corrected chi connectivity index (χ1v) is 15.7. The molecule has 3 aromatic rings. The third-order valence-electron chi connectivity index (χ3n) is 8.69. The molecule has 0 spiro atoms. The van der Waals surface area contributed by atoms with Crippen LogP contribution in [0.1, 0.15) is 83.4 Å². The molecule has 2 heterocycles. The van der Waals surface area contributed by atoms with Gasteiger partial charge in [0.15, 0.2) is 0 Å². The molecular weight excluding hydrogens is 550 g/mol. The molecule has 0 radical (unpaired) electrons. The maximum absolute atomic E-state index is 14.2. The van der Waals surface area contributed by atoms with Crippen LogP contribution in [0.5, 0.6) is 0 Å². The summed E-state index contributed by atoms with van der Waals surface area (Å²) in [6, 6.07) is 8.05. The highest BCUT2D eigenvalue weighted by molar-refractivity contribution is 6.18. The summed E-state index contributed by atoms with van der Waals surface area (Å²) in [5.74, 6) is 0.167. The predicted molar refractivity (Wildman–Crippen MR) is 178 cm³/mol. The number of para-hydroxylation sites is 1. The summed E-state index contributed by atoms with van der Waals surface area (Å²) >= 11 is 0. The highest BCUT2D eigenvalue weighted by atomic mass is 16.6. The van der Waals surface area contributed by atoms with Gasteiger partial charge in [-0.25, -0.2) is 19.1 Å². The first-order valence-electron chi connectivity index (χ1n) is 15.7. The fraction of sp³-hybridized carbons (Fsp3) is 0.459. The van der Waals surface area contributed by atoms with E-state index in [2.05, 4.69) is 57.1 Å². The van der Waals surface area contributed by atoms with Gasteiger partial charge in [0.05, 0.1) is 16.7 Å². The highest BCUT2D eigenvalue weighted by Gasteiger charge is 2.47. The molecule has 1 aromatic heterocycles. The van der Waals surface area contributed by atoms with E-state index in [0.717, 1.165) is 62.8 Å². The number of carbonyl (C=O) groups excluding carboxylic acids is 2. The van der Waals surface area contributed by atoms with Crippen molar-refractivity contribution in [2.75, 3.05) is 25.5 Å². The number of amides is 1. The monoisotopic (exact) mass is 595 g/mol. The smallest absolute Gasteiger partial charge is 0.419 e. The molecule has 0 saturated carbocycles. The van der Waals surface area contributed by atoms with Gasteiger partial charge in [0.25, 0.3) is 0 Å². The molecule has 44 heavy (non-hydrogen) atoms. The van der Waals surface area contributed by atoms with Crippen LogP contribution in [-0.2, 0) is 9.47 Å². The topological polar surface area (TPSA) is 64.0 Å². The Morgan fingerprint density at radius 3 is 2.25 bits per heavy atom. The standard InChI is InChI=1S/C37H45N3O4/c1-21-14-13-17-27-28(21)29-22(2)32-31(25-15-11-12-16-26(25)39(32)34(41)43-36(3,4)5)30(24-18-23(19-24)20-38(9)10)33(29)40(27)35(42)44-37(6,7)8/h11-18,21,24,28H,19-20H2,1-10H3. The molecule has 3 aliphatic rings. The minimum absolute atomic E-state index is 0.0546. The van der Waals surface area contributed by atoms with E-state index >= 15 is 0 Å². The Bertz CT molecular complexity index is 1790. The van der Waals surface area contributed by atoms with E-state index in [-0.39, 0.29) is 23.8 Å². The number of aryl methyl sites for hydroxylation is 1. The lowest BCUT2D eigenvalue weighted by Crippen LogP contribution is -2.36. The number of anilines is 1. The maximum Gasteiger partial charge on any atom is 0.419 e. The van der Waals surface area contributed by atoms with Crippen LogP contribution in [0, 0.1) is 12.8 Å². The second-order valence-corrected chi connectivity index (χ2v) is 14.9. The summed E-state index contributed by atoms with van der Waals surface area (Å²) in [5, 5.41) is 1.98. The highest BCUT2D eigenvalue weighted by Crippen LogP contribution is 2.58. The zero-order valence-corrected chi connectivity index (χ0v) is 27.7. The Morgan fingerprint density at radius 2 is 1.61 bits per heavy atom. The van der Waals surface area contributed by atoms with Crippen LogP contribution in [0.4, 0.5) is 15.3 Å². The minimum atomic E-state index is -0.661. The van der Waals surface area contributed by atoms with Gasteiger partial charge in [-0.05, 0) is 104 Å². The number of fused-ring (bicyclic) bond motifs is 6. The Balaban J connectivity index is 1.74. The van der Waals surface area contributed by atoms with Crippen LogP contribution in [0.3, 0.4) is 0 Å². The molecule has 3 atom stereocenters. The van der Waals surface area contributed by atoms with E-state index in [1.807, 2.05) is 70.7 Å². The molecule has 7 nitrogen and oxygen atoms in total. The molecule has 7 heteroatoms. The lowest BCUT2D eigenvalue weighted by atomic mass is 9.75. The molecule has 0 bridgehead atoms. The Morgan fingerprint density at radius 1 is 0.977 bits per heavy atom. The van der Waals surface area contributed by atoms with Crippen molar-refractivity contribution in [2.24, 2.45) is 5.92 Å². The summed E-state index contributed by atoms with van der Waals surface area (Å²) < 4.78 is 13.9. The van der Waals surface area contributed by atoms with Gasteiger partial charge in [-0.3, -0.25) is 0 Å². The number of rotatable bonds is 3. The van der Waals surface area contributed by atoms with Crippen molar-refractivity contribution in [3.8, 4) is 0 Å². The van der Waals surface area contributed by atoms with Crippen molar-refractivity contribution < 1.29 is 19.1 Å². The third-order valence-corrected chi connectivity index (χ3v) is 8.69. The molecule has 0 N–H and O–H groups in total. The van der Waals surface area contributed by atoms with Crippen LogP contribution in [0.15, 0.2) is 59.8 Å². The van der Waals surface area contributed by atoms with Crippen LogP contribution < -0.4 is 4.90 Å². The normalized spacial score (nSPS) is 21.2. The third kappa shape index (κ3) is 4.95. The number of hydrogen-bond acceptors (Lipinski definition) is 5. The second kappa shape index (κ2) is 10.4. The second-order valence-electron chi connectivity index (χ2n) is 14.9. The number of aromatic nitrogens is 1. The quantitative estimate of drug-likeness (QED) is 0.283. The van der Waals surface area contributed by atoms with Crippen molar-refractivity contribution in [1.29, 1.82) is 0 Å². The van der Waals surface area contributed by atoms with Gasteiger partial charge in [-0.1, -0.05) is 48.9 Å². The van der Waals surface area contributed by atoms with E-state index in [0.29, 0.717) is 0 Å². The summed E-state index contributed by atoms with van der Waals surface area (Å²) in [7, 11) is 4.17. The molecular formula is C37H45N3O4. The zero-order chi connectivity index (χ0) is 31.9. The van der Waals surface area contributed by atoms with Crippen LogP contribution in [0.2, 0.25) is 0 Å². The fourth-order valence-electron chi connectivity index (χ4n) is 7.23. The van der Waals surface area contributed by atoms with Crippen molar-refractivity contribution in [3.05, 3.63) is 76.5 Å². The van der Waals surface area contributed by atoms with Gasteiger partial charge in [0, 0.05) is 34.9 Å². The molecule has 1 aliphatic heterocycles. The van der Waals surface area contributed by atoms with E-state index in [9.17, 15) is 9.59 Å². The number of allylic oxidation sites excluding steroid dienone is 5. The number of hydrogen-bond donors (Lipinski definition) is 0. The molecule has 2 aliphatic carbocycles. The number of carbonyl (C=O) groups is 2. The van der Waals surface area contributed by atoms with Crippen molar-refractivity contribution in [1.82, 2.24) is 9.47 Å². The number of ether oxygens (including phenoxy) is 2. The van der Waals surface area contributed by atoms with Crippen molar-refractivity contribution in [3.63, 3.8) is 0 Å². The zero-order valence-electron chi connectivity index (χ0n) is 27.7. The van der Waals surface area contributed by atoms with E-state index in [1.165, 1.54) is 5.57 Å². The Labute approximate surface area is 260 Å². The Kier molecular flexibility index (Phi) is 7.12. The molecule has 3 unspecified atom stereocenters. The minimum Gasteiger partial charge on any atom is -0.443 e. The van der Waals surface area contributed by atoms with Gasteiger partial charge in [0.2, 0.25) is 0 Å². The number of nitrogens with zero attached hydrogens (tertiary/aromatic N) is 3. The van der Waals surface area contributed by atoms with Gasteiger partial charge in [-0.15, -0.1) is 0 Å². The molecule has 0 saturated heterocycles. The summed E-state index contributed by atoms with van der Waals surface area (Å²) in [6.07, 6.45) is 8.75. The lowest BCUT2D eigenvalue weighted by Gasteiger charge is -2.33. The van der Waals surface area contributed by atoms with E-state index in [4.69, 9.17) is 9.47 Å². The first kappa shape index (κ1) is 30.2. The molecule has 0 fully saturated rings. The summed E-state index contributed by atoms with van der Waals surface area (Å²) in [4.78, 5) is 32.3. The lowest BCUT2D eigenvalue weighted by molar-refractivity contribution is 0.0548. The average molecular weight is 596 g/mol. The van der Waals surface area contributed by atoms with Gasteiger partial charge in [-0.2, -0.15) is 0 Å². The summed E-state index contributed by atoms with van der Waals surface area (Å²) in [5.41, 5.74) is 6.69. The largest absolute Gasteiger partial charge is 0.443 e. The average Bonchev–Trinajstić information content (AvgIpc) is 3.40. The molecule has 232 valence electrons. The van der Waals surface area contributed by atoms with Crippen LogP contribution in [0.25, 0.3) is 21.8 Å². The van der Waals surface area contributed by atoms with Gasteiger partial charge in [0.1, 0.15) is 11.2 Å². The first-order chi connectivity index (χ1) is 20.6. The van der Waals surface area contributed by atoms with Crippen molar-refractivity contribution in [2.45, 2.75) is 84.8 Å². The van der Waals surface area contributed by atoms with E-state index < -0.39 is 17.3 Å². The predicted octanol–water partition coefficient (Wildman–Crippen LogP) is 8.79. The van der Waals surface area contributed by atoms with E-state index in [1.54, 1.807) is 4.57 Å². The molecule has 1 amide bonds.